The molecule has 2 amide bonds. The monoisotopic (exact) mass is 274 g/mol. The Morgan fingerprint density at radius 3 is 2.90 bits per heavy atom. The zero-order valence-electron chi connectivity index (χ0n) is 11.5. The summed E-state index contributed by atoms with van der Waals surface area (Å²) in [5, 5.41) is 2.81. The van der Waals surface area contributed by atoms with E-state index in [1.54, 1.807) is 4.90 Å². The molecule has 1 N–H and O–H groups in total. The van der Waals surface area contributed by atoms with Gasteiger partial charge in [0.15, 0.2) is 6.10 Å². The highest BCUT2D eigenvalue weighted by molar-refractivity contribution is 6.00. The Morgan fingerprint density at radius 2 is 2.15 bits per heavy atom. The van der Waals surface area contributed by atoms with Crippen LogP contribution < -0.4 is 10.1 Å². The van der Waals surface area contributed by atoms with Crippen LogP contribution in [0.5, 0.6) is 5.75 Å². The molecule has 0 aromatic heterocycles. The summed E-state index contributed by atoms with van der Waals surface area (Å²) in [6, 6.07) is 5.62. The highest BCUT2D eigenvalue weighted by Gasteiger charge is 2.31. The molecule has 20 heavy (non-hydrogen) atoms. The summed E-state index contributed by atoms with van der Waals surface area (Å²) in [6.45, 7) is 3.54. The van der Waals surface area contributed by atoms with Gasteiger partial charge in [0, 0.05) is 13.1 Å². The summed E-state index contributed by atoms with van der Waals surface area (Å²) in [4.78, 5) is 25.9. The second-order valence-electron chi connectivity index (χ2n) is 5.39. The van der Waals surface area contributed by atoms with Crippen LogP contribution in [0.25, 0.3) is 0 Å². The molecule has 0 radical (unpaired) electrons. The van der Waals surface area contributed by atoms with Crippen molar-refractivity contribution < 1.29 is 14.3 Å². The van der Waals surface area contributed by atoms with Gasteiger partial charge in [-0.25, -0.2) is 0 Å². The Morgan fingerprint density at radius 1 is 1.40 bits per heavy atom. The molecule has 1 fully saturated rings. The van der Waals surface area contributed by atoms with Crippen molar-refractivity contribution in [3.63, 3.8) is 0 Å². The summed E-state index contributed by atoms with van der Waals surface area (Å²) in [6.07, 6.45) is 1.48. The number of amides is 2. The smallest absolute Gasteiger partial charge is 0.266 e. The van der Waals surface area contributed by atoms with Crippen molar-refractivity contribution in [1.82, 2.24) is 4.90 Å². The molecule has 1 saturated heterocycles. The number of rotatable bonds is 2. The van der Waals surface area contributed by atoms with Gasteiger partial charge in [0.05, 0.1) is 12.1 Å². The molecule has 0 spiro atoms. The minimum absolute atomic E-state index is 0.00166. The number of benzene rings is 1. The topological polar surface area (TPSA) is 58.6 Å². The third-order valence-electron chi connectivity index (χ3n) is 3.77. The van der Waals surface area contributed by atoms with Crippen molar-refractivity contribution in [3.8, 4) is 5.75 Å². The average Bonchev–Trinajstić information content (AvgIpc) is 2.94. The van der Waals surface area contributed by atoms with E-state index in [-0.39, 0.29) is 18.2 Å². The Kier molecular flexibility index (Phi) is 3.34. The molecule has 1 unspecified atom stereocenters. The summed E-state index contributed by atoms with van der Waals surface area (Å²) in [5.41, 5.74) is 1.74. The fourth-order valence-electron chi connectivity index (χ4n) is 2.65. The fourth-order valence-corrected chi connectivity index (χ4v) is 2.65. The first-order valence-electron chi connectivity index (χ1n) is 6.99. The normalized spacial score (nSPS) is 21.1. The van der Waals surface area contributed by atoms with E-state index in [2.05, 4.69) is 5.32 Å². The minimum atomic E-state index is -0.724. The second-order valence-corrected chi connectivity index (χ2v) is 5.39. The minimum Gasteiger partial charge on any atom is -0.478 e. The van der Waals surface area contributed by atoms with E-state index in [1.807, 2.05) is 25.1 Å². The molecule has 2 aliphatic heterocycles. The maximum absolute atomic E-state index is 12.1. The number of fused-ring (bicyclic) bond motifs is 1. The molecule has 3 rings (SSSR count). The van der Waals surface area contributed by atoms with Crippen LogP contribution >= 0.6 is 0 Å². The van der Waals surface area contributed by atoms with Gasteiger partial charge in [0.1, 0.15) is 5.75 Å². The van der Waals surface area contributed by atoms with Crippen molar-refractivity contribution in [3.05, 3.63) is 23.8 Å². The van der Waals surface area contributed by atoms with E-state index in [1.165, 1.54) is 0 Å². The summed E-state index contributed by atoms with van der Waals surface area (Å²) < 4.78 is 5.67. The van der Waals surface area contributed by atoms with Crippen LogP contribution in [0.15, 0.2) is 18.2 Å². The van der Waals surface area contributed by atoms with Crippen molar-refractivity contribution in [1.29, 1.82) is 0 Å². The highest BCUT2D eigenvalue weighted by atomic mass is 16.5. The number of aryl methyl sites for hydroxylation is 1. The molecule has 0 bridgehead atoms. The third-order valence-corrected chi connectivity index (χ3v) is 3.77. The number of anilines is 1. The predicted octanol–water partition coefficient (Wildman–Crippen LogP) is 1.71. The number of hydrogen-bond donors (Lipinski definition) is 1. The Labute approximate surface area is 117 Å². The van der Waals surface area contributed by atoms with Gasteiger partial charge in [0.2, 0.25) is 5.91 Å². The van der Waals surface area contributed by atoms with Gasteiger partial charge in [-0.1, -0.05) is 6.07 Å². The first-order valence-corrected chi connectivity index (χ1v) is 6.99. The van der Waals surface area contributed by atoms with Crippen molar-refractivity contribution in [2.75, 3.05) is 18.4 Å². The fraction of sp³-hybridized carbons (Fsp3) is 0.467. The molecule has 2 aliphatic rings. The lowest BCUT2D eigenvalue weighted by Crippen LogP contribution is -2.41. The Hall–Kier alpha value is -2.04. The lowest BCUT2D eigenvalue weighted by molar-refractivity contribution is -0.136. The van der Waals surface area contributed by atoms with Crippen LogP contribution in [0.1, 0.15) is 24.8 Å². The molecule has 0 aliphatic carbocycles. The van der Waals surface area contributed by atoms with E-state index in [9.17, 15) is 9.59 Å². The van der Waals surface area contributed by atoms with Gasteiger partial charge >= 0.3 is 0 Å². The lowest BCUT2D eigenvalue weighted by atomic mass is 10.1. The molecule has 5 heteroatoms. The van der Waals surface area contributed by atoms with Crippen molar-refractivity contribution in [2.45, 2.75) is 32.3 Å². The quantitative estimate of drug-likeness (QED) is 0.893. The van der Waals surface area contributed by atoms with Crippen LogP contribution in [0.4, 0.5) is 5.69 Å². The molecule has 1 aromatic rings. The highest BCUT2D eigenvalue weighted by Crippen LogP contribution is 2.31. The molecule has 1 aromatic carbocycles. The van der Waals surface area contributed by atoms with E-state index in [0.717, 1.165) is 31.5 Å². The number of hydrogen-bond acceptors (Lipinski definition) is 3. The average molecular weight is 274 g/mol. The van der Waals surface area contributed by atoms with Gasteiger partial charge in [-0.2, -0.15) is 0 Å². The predicted molar refractivity (Wildman–Crippen MR) is 74.7 cm³/mol. The largest absolute Gasteiger partial charge is 0.478 e. The summed E-state index contributed by atoms with van der Waals surface area (Å²) in [5.74, 6) is 0.392. The standard InChI is InChI=1S/C15H18N2O3/c1-10-4-5-12-11(8-10)16-15(19)13(20-12)9-14(18)17-6-2-3-7-17/h4-5,8,13H,2-3,6-7,9H2,1H3,(H,16,19). The Bertz CT molecular complexity index is 550. The van der Waals surface area contributed by atoms with E-state index < -0.39 is 6.10 Å². The van der Waals surface area contributed by atoms with Gasteiger partial charge in [-0.05, 0) is 37.5 Å². The van der Waals surface area contributed by atoms with E-state index >= 15 is 0 Å². The number of nitrogens with zero attached hydrogens (tertiary/aromatic N) is 1. The molecule has 2 heterocycles. The molecule has 1 atom stereocenters. The maximum atomic E-state index is 12.1. The van der Waals surface area contributed by atoms with Gasteiger partial charge < -0.3 is 15.0 Å². The third kappa shape index (κ3) is 2.48. The van der Waals surface area contributed by atoms with Gasteiger partial charge in [-0.3, -0.25) is 9.59 Å². The van der Waals surface area contributed by atoms with E-state index in [0.29, 0.717) is 11.4 Å². The number of carbonyl (C=O) groups excluding carboxylic acids is 2. The molecular formula is C15H18N2O3. The number of carbonyl (C=O) groups is 2. The lowest BCUT2D eigenvalue weighted by Gasteiger charge is -2.27. The molecule has 0 saturated carbocycles. The number of likely N-dealkylation sites (tertiary alicyclic amines) is 1. The molecule has 5 nitrogen and oxygen atoms in total. The zero-order valence-corrected chi connectivity index (χ0v) is 11.5. The number of nitrogens with one attached hydrogen (secondary N) is 1. The molecular weight excluding hydrogens is 256 g/mol. The van der Waals surface area contributed by atoms with Gasteiger partial charge in [-0.15, -0.1) is 0 Å². The molecule has 106 valence electrons. The van der Waals surface area contributed by atoms with Crippen LogP contribution in [-0.2, 0) is 9.59 Å². The van der Waals surface area contributed by atoms with Crippen LogP contribution in [0, 0.1) is 6.92 Å². The van der Waals surface area contributed by atoms with Crippen LogP contribution in [0.2, 0.25) is 0 Å². The summed E-state index contributed by atoms with van der Waals surface area (Å²) in [7, 11) is 0. The van der Waals surface area contributed by atoms with Crippen LogP contribution in [-0.4, -0.2) is 35.9 Å². The first kappa shape index (κ1) is 13.0. The van der Waals surface area contributed by atoms with Gasteiger partial charge in [0.25, 0.3) is 5.91 Å². The zero-order chi connectivity index (χ0) is 14.1. The first-order chi connectivity index (χ1) is 9.63. The van der Waals surface area contributed by atoms with E-state index in [4.69, 9.17) is 4.74 Å². The maximum Gasteiger partial charge on any atom is 0.266 e. The van der Waals surface area contributed by atoms with Crippen LogP contribution in [0.3, 0.4) is 0 Å². The van der Waals surface area contributed by atoms with Crippen molar-refractivity contribution in [2.24, 2.45) is 0 Å². The van der Waals surface area contributed by atoms with Crippen molar-refractivity contribution >= 4 is 17.5 Å². The SMILES string of the molecule is Cc1ccc2c(c1)NC(=O)C(CC(=O)N1CCCC1)O2. The Balaban J connectivity index is 1.70. The second kappa shape index (κ2) is 5.15. The number of ether oxygens (including phenoxy) is 1. The summed E-state index contributed by atoms with van der Waals surface area (Å²) >= 11 is 0.